The molecule has 4 rings (SSSR count). The van der Waals surface area contributed by atoms with E-state index in [1.54, 1.807) is 0 Å². The molecule has 2 atom stereocenters. The van der Waals surface area contributed by atoms with Crippen molar-refractivity contribution in [3.05, 3.63) is 60.3 Å². The van der Waals surface area contributed by atoms with E-state index in [1.807, 2.05) is 47.5 Å². The highest BCUT2D eigenvalue weighted by atomic mass is 16.2. The largest absolute Gasteiger partial charge is 0.353 e. The van der Waals surface area contributed by atoms with Crippen LogP contribution in [0.15, 0.2) is 54.7 Å². The van der Waals surface area contributed by atoms with Crippen LogP contribution in [0.3, 0.4) is 0 Å². The van der Waals surface area contributed by atoms with Crippen LogP contribution in [0.1, 0.15) is 11.6 Å². The third kappa shape index (κ3) is 3.36. The van der Waals surface area contributed by atoms with Crippen LogP contribution in [0.4, 0.5) is 5.82 Å². The third-order valence-electron chi connectivity index (χ3n) is 5.02. The molecule has 2 N–H and O–H groups in total. The lowest BCUT2D eigenvalue weighted by Gasteiger charge is -2.37. The summed E-state index contributed by atoms with van der Waals surface area (Å²) in [6, 6.07) is 16.2. The van der Waals surface area contributed by atoms with Crippen LogP contribution < -0.4 is 15.8 Å². The molecule has 0 aliphatic carbocycles. The number of nitrogens with zero attached hydrogens (tertiary/aromatic N) is 3. The second-order valence-corrected chi connectivity index (χ2v) is 6.52. The number of carbonyl (C=O) groups is 1. The maximum Gasteiger partial charge on any atom is 0.229 e. The molecular weight excluding hydrogens is 314 g/mol. The number of amides is 1. The lowest BCUT2D eigenvalue weighted by molar-refractivity contribution is -0.135. The van der Waals surface area contributed by atoms with E-state index in [2.05, 4.69) is 32.9 Å². The fraction of sp³-hybridized carbons (Fsp3) is 0.368. The van der Waals surface area contributed by atoms with Crippen LogP contribution in [0.2, 0.25) is 0 Å². The van der Waals surface area contributed by atoms with Gasteiger partial charge >= 0.3 is 0 Å². The summed E-state index contributed by atoms with van der Waals surface area (Å²) >= 11 is 0. The van der Waals surface area contributed by atoms with Gasteiger partial charge in [0.2, 0.25) is 5.91 Å². The molecule has 0 spiro atoms. The van der Waals surface area contributed by atoms with Crippen molar-refractivity contribution in [2.45, 2.75) is 6.04 Å². The lowest BCUT2D eigenvalue weighted by Crippen LogP contribution is -2.51. The van der Waals surface area contributed by atoms with Crippen molar-refractivity contribution in [2.24, 2.45) is 5.92 Å². The standard InChI is InChI=1S/C19H23N5O/c25-19(16-14-21-22-18(16)15-6-2-1-3-7-15)24-12-10-23(11-13-24)17-8-4-5-9-20-17/h1-9,16,18,21-22H,10-14H2. The molecule has 130 valence electrons. The van der Waals surface area contributed by atoms with Crippen molar-refractivity contribution in [1.82, 2.24) is 20.7 Å². The minimum atomic E-state index is -0.0659. The van der Waals surface area contributed by atoms with Gasteiger partial charge in [-0.25, -0.2) is 10.4 Å². The van der Waals surface area contributed by atoms with E-state index < -0.39 is 0 Å². The van der Waals surface area contributed by atoms with Crippen LogP contribution in [0.25, 0.3) is 0 Å². The fourth-order valence-corrected chi connectivity index (χ4v) is 3.63. The van der Waals surface area contributed by atoms with Crippen LogP contribution >= 0.6 is 0 Å². The van der Waals surface area contributed by atoms with Gasteiger partial charge in [0.15, 0.2) is 0 Å². The molecule has 2 aliphatic heterocycles. The van der Waals surface area contributed by atoms with Gasteiger partial charge in [-0.05, 0) is 17.7 Å². The number of hydrogen-bond donors (Lipinski definition) is 2. The van der Waals surface area contributed by atoms with Gasteiger partial charge in [-0.15, -0.1) is 0 Å². The Morgan fingerprint density at radius 2 is 1.76 bits per heavy atom. The third-order valence-corrected chi connectivity index (χ3v) is 5.02. The minimum Gasteiger partial charge on any atom is -0.353 e. The van der Waals surface area contributed by atoms with Crippen LogP contribution in [0.5, 0.6) is 0 Å². The first kappa shape index (κ1) is 16.1. The Bertz CT molecular complexity index is 700. The smallest absolute Gasteiger partial charge is 0.229 e. The molecule has 25 heavy (non-hydrogen) atoms. The van der Waals surface area contributed by atoms with Gasteiger partial charge < -0.3 is 9.80 Å². The Hall–Kier alpha value is -2.44. The average Bonchev–Trinajstić information content (AvgIpc) is 3.19. The van der Waals surface area contributed by atoms with E-state index in [0.717, 1.165) is 37.6 Å². The Kier molecular flexibility index (Phi) is 4.63. The van der Waals surface area contributed by atoms with Crippen LogP contribution in [-0.4, -0.2) is 48.5 Å². The summed E-state index contributed by atoms with van der Waals surface area (Å²) in [6.45, 7) is 3.80. The molecule has 6 nitrogen and oxygen atoms in total. The molecule has 2 aliphatic rings. The lowest BCUT2D eigenvalue weighted by atomic mass is 9.93. The molecule has 1 aromatic heterocycles. The summed E-state index contributed by atoms with van der Waals surface area (Å²) in [6.07, 6.45) is 1.81. The van der Waals surface area contributed by atoms with Gasteiger partial charge in [0.05, 0.1) is 12.0 Å². The van der Waals surface area contributed by atoms with Gasteiger partial charge in [-0.3, -0.25) is 10.2 Å². The van der Waals surface area contributed by atoms with E-state index >= 15 is 0 Å². The predicted molar refractivity (Wildman–Crippen MR) is 96.8 cm³/mol. The highest BCUT2D eigenvalue weighted by molar-refractivity contribution is 5.80. The summed E-state index contributed by atoms with van der Waals surface area (Å²) in [4.78, 5) is 21.7. The number of hydrazine groups is 1. The molecule has 2 fully saturated rings. The number of benzene rings is 1. The number of rotatable bonds is 3. The minimum absolute atomic E-state index is 0.0301. The maximum atomic E-state index is 13.0. The number of carbonyl (C=O) groups excluding carboxylic acids is 1. The maximum absolute atomic E-state index is 13.0. The quantitative estimate of drug-likeness (QED) is 0.881. The molecule has 1 amide bonds. The first-order valence-corrected chi connectivity index (χ1v) is 8.81. The molecule has 0 bridgehead atoms. The normalized spacial score (nSPS) is 23.7. The molecule has 2 saturated heterocycles. The molecule has 0 radical (unpaired) electrons. The zero-order chi connectivity index (χ0) is 17.1. The first-order valence-electron chi connectivity index (χ1n) is 8.81. The van der Waals surface area contributed by atoms with E-state index in [-0.39, 0.29) is 17.9 Å². The summed E-state index contributed by atoms with van der Waals surface area (Å²) in [5, 5.41) is 0. The molecule has 2 aromatic rings. The summed E-state index contributed by atoms with van der Waals surface area (Å²) in [5.74, 6) is 1.15. The van der Waals surface area contributed by atoms with E-state index in [0.29, 0.717) is 6.54 Å². The SMILES string of the molecule is O=C(C1CNNC1c1ccccc1)N1CCN(c2ccccn2)CC1. The number of nitrogens with one attached hydrogen (secondary N) is 2. The number of piperazine rings is 1. The molecule has 1 aromatic carbocycles. The van der Waals surface area contributed by atoms with Gasteiger partial charge in [0.25, 0.3) is 0 Å². The van der Waals surface area contributed by atoms with Gasteiger partial charge in [0, 0.05) is 38.9 Å². The Morgan fingerprint density at radius 1 is 1.00 bits per heavy atom. The molecule has 0 saturated carbocycles. The van der Waals surface area contributed by atoms with Crippen molar-refractivity contribution in [2.75, 3.05) is 37.6 Å². The highest BCUT2D eigenvalue weighted by Gasteiger charge is 2.37. The number of pyridine rings is 1. The zero-order valence-electron chi connectivity index (χ0n) is 14.1. The summed E-state index contributed by atoms with van der Waals surface area (Å²) in [5.41, 5.74) is 7.57. The van der Waals surface area contributed by atoms with E-state index in [4.69, 9.17) is 0 Å². The van der Waals surface area contributed by atoms with Crippen molar-refractivity contribution in [1.29, 1.82) is 0 Å². The number of hydrogen-bond acceptors (Lipinski definition) is 5. The first-order chi connectivity index (χ1) is 12.3. The van der Waals surface area contributed by atoms with Crippen LogP contribution in [-0.2, 0) is 4.79 Å². The Labute approximate surface area is 147 Å². The summed E-state index contributed by atoms with van der Waals surface area (Å²) < 4.78 is 0. The van der Waals surface area contributed by atoms with Crippen molar-refractivity contribution >= 4 is 11.7 Å². The van der Waals surface area contributed by atoms with Gasteiger partial charge in [0.1, 0.15) is 5.82 Å². The zero-order valence-corrected chi connectivity index (χ0v) is 14.1. The number of aromatic nitrogens is 1. The Morgan fingerprint density at radius 3 is 2.48 bits per heavy atom. The van der Waals surface area contributed by atoms with Crippen molar-refractivity contribution < 1.29 is 4.79 Å². The highest BCUT2D eigenvalue weighted by Crippen LogP contribution is 2.27. The molecule has 3 heterocycles. The second-order valence-electron chi connectivity index (χ2n) is 6.52. The topological polar surface area (TPSA) is 60.5 Å². The van der Waals surface area contributed by atoms with Crippen molar-refractivity contribution in [3.63, 3.8) is 0 Å². The summed E-state index contributed by atoms with van der Waals surface area (Å²) in [7, 11) is 0. The fourth-order valence-electron chi connectivity index (χ4n) is 3.63. The van der Waals surface area contributed by atoms with E-state index in [9.17, 15) is 4.79 Å². The average molecular weight is 337 g/mol. The Balaban J connectivity index is 1.40. The predicted octanol–water partition coefficient (Wildman–Crippen LogP) is 1.20. The van der Waals surface area contributed by atoms with E-state index in [1.165, 1.54) is 0 Å². The molecule has 2 unspecified atom stereocenters. The van der Waals surface area contributed by atoms with Gasteiger partial charge in [-0.2, -0.15) is 0 Å². The molecule has 6 heteroatoms. The molecular formula is C19H23N5O. The monoisotopic (exact) mass is 337 g/mol. The van der Waals surface area contributed by atoms with Crippen LogP contribution in [0, 0.1) is 5.92 Å². The van der Waals surface area contributed by atoms with Crippen molar-refractivity contribution in [3.8, 4) is 0 Å². The van der Waals surface area contributed by atoms with Gasteiger partial charge in [-0.1, -0.05) is 36.4 Å². The number of anilines is 1. The second kappa shape index (κ2) is 7.21.